The number of hydrogen-bond donors (Lipinski definition) is 1. The van der Waals surface area contributed by atoms with Gasteiger partial charge in [-0.15, -0.1) is 0 Å². The van der Waals surface area contributed by atoms with Gasteiger partial charge >= 0.3 is 5.69 Å². The van der Waals surface area contributed by atoms with Crippen LogP contribution in [0.25, 0.3) is 10.4 Å². The van der Waals surface area contributed by atoms with Crippen LogP contribution < -0.4 is 11.2 Å². The summed E-state index contributed by atoms with van der Waals surface area (Å²) in [5, 5.41) is 13.0. The lowest BCUT2D eigenvalue weighted by molar-refractivity contribution is -0.0277. The predicted octanol–water partition coefficient (Wildman–Crippen LogP) is 1.47. The molecule has 2 rings (SSSR count). The molecule has 0 saturated carbocycles. The maximum atomic E-state index is 12.7. The first-order valence-corrected chi connectivity index (χ1v) is 8.16. The second-order valence-electron chi connectivity index (χ2n) is 5.99. The van der Waals surface area contributed by atoms with E-state index in [4.69, 9.17) is 10.3 Å². The number of nitrogens with zero attached hydrogens (tertiary/aromatic N) is 5. The summed E-state index contributed by atoms with van der Waals surface area (Å²) >= 11 is 0. The second-order valence-corrected chi connectivity index (χ2v) is 5.99. The first-order chi connectivity index (χ1) is 11.5. The maximum absolute atomic E-state index is 12.7. The van der Waals surface area contributed by atoms with Crippen LogP contribution in [0.15, 0.2) is 20.9 Å². The number of rotatable bonds is 7. The van der Waals surface area contributed by atoms with Gasteiger partial charge in [-0.05, 0) is 18.9 Å². The molecule has 0 aliphatic carbocycles. The number of azide groups is 1. The summed E-state index contributed by atoms with van der Waals surface area (Å²) < 4.78 is 8.24. The molecule has 1 unspecified atom stereocenters. The Kier molecular flexibility index (Phi) is 6.19. The van der Waals surface area contributed by atoms with Crippen molar-refractivity contribution >= 4 is 0 Å². The average molecular weight is 337 g/mol. The molecule has 0 radical (unpaired) electrons. The van der Waals surface area contributed by atoms with Crippen LogP contribution in [0.4, 0.5) is 0 Å². The molecule has 1 fully saturated rings. The van der Waals surface area contributed by atoms with E-state index in [0.29, 0.717) is 12.1 Å². The maximum Gasteiger partial charge on any atom is 0.333 e. The number of hydrogen-bond acceptors (Lipinski definition) is 5. The monoisotopic (exact) mass is 337 g/mol. The van der Waals surface area contributed by atoms with Gasteiger partial charge in [0.2, 0.25) is 0 Å². The molecule has 3 atom stereocenters. The molecule has 1 N–H and O–H groups in total. The molecule has 1 saturated heterocycles. The van der Waals surface area contributed by atoms with Crippen molar-refractivity contribution in [2.45, 2.75) is 64.4 Å². The van der Waals surface area contributed by atoms with Crippen molar-refractivity contribution in [2.24, 2.45) is 5.11 Å². The smallest absolute Gasteiger partial charge is 0.333 e. The summed E-state index contributed by atoms with van der Waals surface area (Å²) in [5.74, 6) is 0. The van der Waals surface area contributed by atoms with Crippen molar-refractivity contribution in [1.82, 2.24) is 9.13 Å². The molecular formula is C15H23N5O4. The lowest BCUT2D eigenvalue weighted by Gasteiger charge is -2.17. The normalized spacial score (nSPS) is 23.2. The van der Waals surface area contributed by atoms with E-state index in [1.165, 1.54) is 15.3 Å². The summed E-state index contributed by atoms with van der Waals surface area (Å²) in [6, 6.07) is -0.544. The van der Waals surface area contributed by atoms with E-state index in [0.717, 1.165) is 19.3 Å². The molecule has 1 aliphatic rings. The summed E-state index contributed by atoms with van der Waals surface area (Å²) in [4.78, 5) is 27.7. The van der Waals surface area contributed by atoms with Gasteiger partial charge in [-0.3, -0.25) is 13.9 Å². The van der Waals surface area contributed by atoms with Crippen LogP contribution in [0.3, 0.4) is 0 Å². The zero-order chi connectivity index (χ0) is 17.7. The van der Waals surface area contributed by atoms with Crippen molar-refractivity contribution in [1.29, 1.82) is 0 Å². The van der Waals surface area contributed by atoms with Gasteiger partial charge in [0.1, 0.15) is 6.23 Å². The van der Waals surface area contributed by atoms with E-state index in [1.54, 1.807) is 6.92 Å². The van der Waals surface area contributed by atoms with E-state index in [9.17, 15) is 14.7 Å². The molecule has 2 heterocycles. The molecule has 1 aromatic rings. The van der Waals surface area contributed by atoms with Crippen molar-refractivity contribution in [3.8, 4) is 0 Å². The van der Waals surface area contributed by atoms with Crippen molar-refractivity contribution in [2.75, 3.05) is 6.61 Å². The Hall–Kier alpha value is -2.09. The molecular weight excluding hydrogens is 314 g/mol. The Morgan fingerprint density at radius 2 is 2.21 bits per heavy atom. The van der Waals surface area contributed by atoms with Crippen LogP contribution in [-0.2, 0) is 11.3 Å². The minimum absolute atomic E-state index is 0.280. The Morgan fingerprint density at radius 1 is 1.46 bits per heavy atom. The summed E-state index contributed by atoms with van der Waals surface area (Å²) in [6.45, 7) is 3.76. The highest BCUT2D eigenvalue weighted by molar-refractivity contribution is 5.04. The van der Waals surface area contributed by atoms with E-state index >= 15 is 0 Å². The Labute approximate surface area is 139 Å². The zero-order valence-electron chi connectivity index (χ0n) is 14.0. The van der Waals surface area contributed by atoms with Gasteiger partial charge in [-0.2, -0.15) is 0 Å². The van der Waals surface area contributed by atoms with Gasteiger partial charge in [0.15, 0.2) is 0 Å². The van der Waals surface area contributed by atoms with Crippen LogP contribution in [0.5, 0.6) is 0 Å². The Balaban J connectivity index is 2.36. The van der Waals surface area contributed by atoms with E-state index < -0.39 is 24.1 Å². The Morgan fingerprint density at radius 3 is 2.83 bits per heavy atom. The van der Waals surface area contributed by atoms with E-state index in [-0.39, 0.29) is 18.6 Å². The molecule has 24 heavy (non-hydrogen) atoms. The highest BCUT2D eigenvalue weighted by Gasteiger charge is 2.36. The zero-order valence-corrected chi connectivity index (χ0v) is 14.0. The summed E-state index contributed by atoms with van der Waals surface area (Å²) in [7, 11) is 0. The molecule has 0 aromatic carbocycles. The third-order valence-corrected chi connectivity index (χ3v) is 4.25. The molecule has 0 amide bonds. The SMILES string of the molecule is CCCCCn1c(=O)c(C)cn([C@H]2CC(N=[N+]=[N-])[C@@H](CO)O2)c1=O. The van der Waals surface area contributed by atoms with Gasteiger partial charge in [-0.25, -0.2) is 4.79 Å². The number of unbranched alkanes of at least 4 members (excludes halogenated alkanes) is 2. The molecule has 1 aromatic heterocycles. The summed E-state index contributed by atoms with van der Waals surface area (Å²) in [5.41, 5.74) is 8.31. The molecule has 0 spiro atoms. The summed E-state index contributed by atoms with van der Waals surface area (Å²) in [6.07, 6.45) is 3.11. The third-order valence-electron chi connectivity index (χ3n) is 4.25. The minimum Gasteiger partial charge on any atom is -0.394 e. The highest BCUT2D eigenvalue weighted by Crippen LogP contribution is 2.29. The molecule has 0 bridgehead atoms. The molecule has 9 heteroatoms. The van der Waals surface area contributed by atoms with Crippen molar-refractivity contribution in [3.05, 3.63) is 43.0 Å². The van der Waals surface area contributed by atoms with E-state index in [2.05, 4.69) is 16.9 Å². The van der Waals surface area contributed by atoms with Gasteiger partial charge in [0.05, 0.1) is 18.8 Å². The molecule has 1 aliphatic heterocycles. The quantitative estimate of drug-likeness (QED) is 0.350. The average Bonchev–Trinajstić information content (AvgIpc) is 2.97. The number of aliphatic hydroxyl groups excluding tert-OH is 1. The van der Waals surface area contributed by atoms with Gasteiger partial charge in [0, 0.05) is 29.6 Å². The van der Waals surface area contributed by atoms with Gasteiger partial charge in [0.25, 0.3) is 5.56 Å². The number of aryl methyl sites for hydroxylation is 1. The Bertz CT molecular complexity index is 734. The van der Waals surface area contributed by atoms with Crippen LogP contribution in [0.1, 0.15) is 44.4 Å². The fourth-order valence-corrected chi connectivity index (χ4v) is 2.92. The first-order valence-electron chi connectivity index (χ1n) is 8.16. The fourth-order valence-electron chi connectivity index (χ4n) is 2.92. The third kappa shape index (κ3) is 3.69. The number of aliphatic hydroxyl groups is 1. The first kappa shape index (κ1) is 18.3. The highest BCUT2D eigenvalue weighted by atomic mass is 16.5. The van der Waals surface area contributed by atoms with Crippen LogP contribution in [0.2, 0.25) is 0 Å². The largest absolute Gasteiger partial charge is 0.394 e. The fraction of sp³-hybridized carbons (Fsp3) is 0.733. The lowest BCUT2D eigenvalue weighted by Crippen LogP contribution is -2.42. The molecule has 132 valence electrons. The standard InChI is InChI=1S/C15H23N5O4/c1-3-4-5-6-19-14(22)10(2)8-20(15(19)23)13-7-11(17-18-16)12(9-21)24-13/h8,11-13,21H,3-7,9H2,1-2H3/t11?,12-,13-/m1/s1. The van der Waals surface area contributed by atoms with E-state index in [1.807, 2.05) is 0 Å². The number of ether oxygens (including phenoxy) is 1. The van der Waals surface area contributed by atoms with Crippen molar-refractivity contribution < 1.29 is 9.84 Å². The molecule has 9 nitrogen and oxygen atoms in total. The number of aromatic nitrogens is 2. The predicted molar refractivity (Wildman–Crippen MR) is 87.8 cm³/mol. The van der Waals surface area contributed by atoms with Gasteiger partial charge < -0.3 is 9.84 Å². The van der Waals surface area contributed by atoms with Crippen LogP contribution in [0, 0.1) is 6.92 Å². The lowest BCUT2D eigenvalue weighted by atomic mass is 10.1. The topological polar surface area (TPSA) is 122 Å². The van der Waals surface area contributed by atoms with Gasteiger partial charge in [-0.1, -0.05) is 24.9 Å². The van der Waals surface area contributed by atoms with Crippen LogP contribution >= 0.6 is 0 Å². The second kappa shape index (κ2) is 8.14. The minimum atomic E-state index is -0.665. The van der Waals surface area contributed by atoms with Crippen LogP contribution in [-0.4, -0.2) is 33.0 Å². The van der Waals surface area contributed by atoms with Crippen molar-refractivity contribution in [3.63, 3.8) is 0 Å².